The monoisotopic (exact) mass is 171 g/mol. The van der Waals surface area contributed by atoms with Crippen molar-refractivity contribution in [1.29, 1.82) is 0 Å². The molecule has 50 valence electrons. The summed E-state index contributed by atoms with van der Waals surface area (Å²) in [6, 6.07) is 0. The highest BCUT2D eigenvalue weighted by molar-refractivity contribution is 7.12. The Morgan fingerprint density at radius 2 is 2.30 bits per heavy atom. The van der Waals surface area contributed by atoms with Crippen molar-refractivity contribution in [3.63, 3.8) is 0 Å². The summed E-state index contributed by atoms with van der Waals surface area (Å²) in [6.45, 7) is 0. The fourth-order valence-electron chi connectivity index (χ4n) is 0.670. The van der Waals surface area contributed by atoms with E-state index in [1.807, 2.05) is 0 Å². The standard InChI is InChI=1S/C5H2ClN3S/c6-4-3-1-9-10-5(3)8-2-7-4/h1-2H. The van der Waals surface area contributed by atoms with E-state index in [2.05, 4.69) is 14.3 Å². The number of fused-ring (bicyclic) bond motifs is 1. The maximum atomic E-state index is 5.71. The molecule has 0 N–H and O–H groups in total. The Hall–Kier alpha value is -0.740. The average Bonchev–Trinajstić information content (AvgIpc) is 2.36. The first-order valence-corrected chi connectivity index (χ1v) is 3.74. The third-order valence-corrected chi connectivity index (χ3v) is 2.13. The predicted molar refractivity (Wildman–Crippen MR) is 40.2 cm³/mol. The van der Waals surface area contributed by atoms with Crippen molar-refractivity contribution < 1.29 is 0 Å². The number of nitrogens with zero attached hydrogens (tertiary/aromatic N) is 3. The number of aromatic nitrogens is 3. The Kier molecular flexibility index (Phi) is 1.28. The van der Waals surface area contributed by atoms with Crippen molar-refractivity contribution in [2.45, 2.75) is 0 Å². The molecule has 0 unspecified atom stereocenters. The molecule has 0 aliphatic carbocycles. The van der Waals surface area contributed by atoms with Crippen LogP contribution >= 0.6 is 23.1 Å². The van der Waals surface area contributed by atoms with Crippen LogP contribution in [0.25, 0.3) is 10.2 Å². The zero-order valence-electron chi connectivity index (χ0n) is 4.78. The van der Waals surface area contributed by atoms with E-state index in [1.54, 1.807) is 6.20 Å². The molecule has 0 radical (unpaired) electrons. The van der Waals surface area contributed by atoms with Crippen molar-refractivity contribution in [3.05, 3.63) is 17.7 Å². The molecule has 5 heteroatoms. The van der Waals surface area contributed by atoms with Gasteiger partial charge in [0.2, 0.25) is 0 Å². The summed E-state index contributed by atoms with van der Waals surface area (Å²) in [5.74, 6) is 0. The van der Waals surface area contributed by atoms with Gasteiger partial charge in [0, 0.05) is 0 Å². The smallest absolute Gasteiger partial charge is 0.148 e. The number of rotatable bonds is 0. The van der Waals surface area contributed by atoms with Gasteiger partial charge < -0.3 is 0 Å². The molecule has 0 aliphatic rings. The Labute approximate surface area is 65.9 Å². The molecule has 0 amide bonds. The number of hydrogen-bond donors (Lipinski definition) is 0. The topological polar surface area (TPSA) is 38.7 Å². The Morgan fingerprint density at radius 1 is 1.40 bits per heavy atom. The van der Waals surface area contributed by atoms with Crippen LogP contribution < -0.4 is 0 Å². The van der Waals surface area contributed by atoms with E-state index in [0.717, 1.165) is 10.2 Å². The normalized spacial score (nSPS) is 10.5. The molecule has 0 saturated heterocycles. The maximum absolute atomic E-state index is 5.71. The molecule has 0 saturated carbocycles. The molecule has 3 nitrogen and oxygen atoms in total. The highest BCUT2D eigenvalue weighted by atomic mass is 35.5. The van der Waals surface area contributed by atoms with E-state index in [9.17, 15) is 0 Å². The lowest BCUT2D eigenvalue weighted by molar-refractivity contribution is 1.23. The Morgan fingerprint density at radius 3 is 3.10 bits per heavy atom. The van der Waals surface area contributed by atoms with Crippen LogP contribution in [0.2, 0.25) is 5.15 Å². The molecule has 2 rings (SSSR count). The van der Waals surface area contributed by atoms with Gasteiger partial charge in [-0.05, 0) is 11.5 Å². The summed E-state index contributed by atoms with van der Waals surface area (Å²) < 4.78 is 3.92. The Balaban J connectivity index is 2.95. The van der Waals surface area contributed by atoms with Crippen molar-refractivity contribution in [2.75, 3.05) is 0 Å². The first kappa shape index (κ1) is 6.00. The maximum Gasteiger partial charge on any atom is 0.148 e. The van der Waals surface area contributed by atoms with Crippen molar-refractivity contribution in [3.8, 4) is 0 Å². The fraction of sp³-hybridized carbons (Fsp3) is 0. The molecular formula is C5H2ClN3S. The molecule has 0 atom stereocenters. The zero-order valence-corrected chi connectivity index (χ0v) is 6.35. The number of halogens is 1. The minimum atomic E-state index is 0.471. The highest BCUT2D eigenvalue weighted by Gasteiger charge is 2.00. The van der Waals surface area contributed by atoms with Crippen molar-refractivity contribution in [2.24, 2.45) is 0 Å². The van der Waals surface area contributed by atoms with Gasteiger partial charge in [-0.25, -0.2) is 9.97 Å². The van der Waals surface area contributed by atoms with E-state index in [1.165, 1.54) is 17.9 Å². The van der Waals surface area contributed by atoms with Crippen LogP contribution in [0.3, 0.4) is 0 Å². The van der Waals surface area contributed by atoms with Gasteiger partial charge >= 0.3 is 0 Å². The quantitative estimate of drug-likeness (QED) is 0.567. The van der Waals surface area contributed by atoms with E-state index in [0.29, 0.717) is 5.15 Å². The summed E-state index contributed by atoms with van der Waals surface area (Å²) >= 11 is 7.03. The molecule has 0 bridgehead atoms. The van der Waals surface area contributed by atoms with E-state index in [-0.39, 0.29) is 0 Å². The van der Waals surface area contributed by atoms with Crippen LogP contribution in [0.15, 0.2) is 12.5 Å². The molecular weight excluding hydrogens is 170 g/mol. The lowest BCUT2D eigenvalue weighted by atomic mass is 10.5. The second kappa shape index (κ2) is 2.14. The predicted octanol–water partition coefficient (Wildman–Crippen LogP) is 1.74. The van der Waals surface area contributed by atoms with Crippen LogP contribution in [0.4, 0.5) is 0 Å². The summed E-state index contributed by atoms with van der Waals surface area (Å²) in [5, 5.41) is 1.30. The molecule has 0 aliphatic heterocycles. The lowest BCUT2D eigenvalue weighted by Gasteiger charge is -1.86. The molecule has 10 heavy (non-hydrogen) atoms. The van der Waals surface area contributed by atoms with Gasteiger partial charge in [0.05, 0.1) is 11.6 Å². The first-order valence-electron chi connectivity index (χ1n) is 2.59. The summed E-state index contributed by atoms with van der Waals surface area (Å²) in [4.78, 5) is 8.60. The minimum Gasteiger partial charge on any atom is -0.224 e. The van der Waals surface area contributed by atoms with Crippen LogP contribution in [-0.2, 0) is 0 Å². The Bertz CT molecular complexity index is 358. The van der Waals surface area contributed by atoms with Gasteiger partial charge in [0.1, 0.15) is 16.3 Å². The summed E-state index contributed by atoms with van der Waals surface area (Å²) in [7, 11) is 0. The lowest BCUT2D eigenvalue weighted by Crippen LogP contribution is -1.76. The van der Waals surface area contributed by atoms with E-state index < -0.39 is 0 Å². The molecule has 2 aromatic heterocycles. The number of hydrogen-bond acceptors (Lipinski definition) is 4. The molecule has 0 spiro atoms. The van der Waals surface area contributed by atoms with Gasteiger partial charge in [-0.15, -0.1) is 0 Å². The first-order chi connectivity index (χ1) is 4.88. The highest BCUT2D eigenvalue weighted by Crippen LogP contribution is 2.20. The second-order valence-electron chi connectivity index (χ2n) is 1.71. The van der Waals surface area contributed by atoms with Crippen LogP contribution in [-0.4, -0.2) is 14.3 Å². The van der Waals surface area contributed by atoms with Gasteiger partial charge in [-0.2, -0.15) is 4.37 Å². The van der Waals surface area contributed by atoms with Gasteiger partial charge in [-0.1, -0.05) is 11.6 Å². The van der Waals surface area contributed by atoms with Crippen molar-refractivity contribution >= 4 is 33.4 Å². The fourth-order valence-corrected chi connectivity index (χ4v) is 1.51. The van der Waals surface area contributed by atoms with E-state index >= 15 is 0 Å². The third kappa shape index (κ3) is 0.767. The largest absolute Gasteiger partial charge is 0.224 e. The SMILES string of the molecule is Clc1ncnc2sncc12. The zero-order chi connectivity index (χ0) is 6.97. The van der Waals surface area contributed by atoms with Crippen LogP contribution in [0.1, 0.15) is 0 Å². The van der Waals surface area contributed by atoms with Crippen molar-refractivity contribution in [1.82, 2.24) is 14.3 Å². The van der Waals surface area contributed by atoms with Crippen LogP contribution in [0, 0.1) is 0 Å². The molecule has 2 heterocycles. The van der Waals surface area contributed by atoms with Gasteiger partial charge in [0.25, 0.3) is 0 Å². The van der Waals surface area contributed by atoms with Crippen LogP contribution in [0.5, 0.6) is 0 Å². The summed E-state index contributed by atoms with van der Waals surface area (Å²) in [6.07, 6.45) is 3.10. The molecule has 0 aromatic carbocycles. The third-order valence-electron chi connectivity index (χ3n) is 1.12. The second-order valence-corrected chi connectivity index (χ2v) is 2.85. The van der Waals surface area contributed by atoms with Gasteiger partial charge in [0.15, 0.2) is 0 Å². The average molecular weight is 172 g/mol. The van der Waals surface area contributed by atoms with E-state index in [4.69, 9.17) is 11.6 Å². The molecule has 0 fully saturated rings. The summed E-state index contributed by atoms with van der Waals surface area (Å²) in [5.41, 5.74) is 0. The van der Waals surface area contributed by atoms with Gasteiger partial charge in [-0.3, -0.25) is 0 Å². The molecule has 2 aromatic rings. The minimum absolute atomic E-state index is 0.471.